The molecule has 0 aliphatic rings. The summed E-state index contributed by atoms with van der Waals surface area (Å²) >= 11 is 1.35. The van der Waals surface area contributed by atoms with Crippen LogP contribution < -0.4 is 4.74 Å². The number of nitro groups is 1. The normalized spacial score (nSPS) is 10.2. The Labute approximate surface area is 119 Å². The van der Waals surface area contributed by atoms with Crippen LogP contribution in [0.15, 0.2) is 41.4 Å². The Kier molecular flexibility index (Phi) is 4.41. The average Bonchev–Trinajstić information content (AvgIpc) is 2.95. The third kappa shape index (κ3) is 3.39. The van der Waals surface area contributed by atoms with Crippen LogP contribution >= 0.6 is 11.8 Å². The van der Waals surface area contributed by atoms with E-state index in [-0.39, 0.29) is 22.9 Å². The van der Waals surface area contributed by atoms with Gasteiger partial charge in [0.2, 0.25) is 0 Å². The summed E-state index contributed by atoms with van der Waals surface area (Å²) in [5.74, 6) is 0.731. The van der Waals surface area contributed by atoms with Crippen molar-refractivity contribution in [3.05, 3.63) is 52.3 Å². The second-order valence-corrected chi connectivity index (χ2v) is 4.97. The molecule has 0 radical (unpaired) electrons. The summed E-state index contributed by atoms with van der Waals surface area (Å²) in [6, 6.07) is 8.60. The predicted octanol–water partition coefficient (Wildman–Crippen LogP) is 2.91. The molecule has 1 heterocycles. The summed E-state index contributed by atoms with van der Waals surface area (Å²) in [6.45, 7) is 0. The fourth-order valence-electron chi connectivity index (χ4n) is 1.57. The van der Waals surface area contributed by atoms with Gasteiger partial charge in [-0.3, -0.25) is 14.9 Å². The number of ketones is 1. The van der Waals surface area contributed by atoms with Crippen molar-refractivity contribution < 1.29 is 14.5 Å². The molecule has 0 bridgehead atoms. The standard InChI is InChI=1S/C13H12N2O4S/c1-19-10-3-2-4-11(6-10)20-8-13(16)12-5-9(7-14-12)15(17)18/h2-7,14H,8H2,1H3. The first-order chi connectivity index (χ1) is 9.60. The Hall–Kier alpha value is -2.28. The fraction of sp³-hybridized carbons (Fsp3) is 0.154. The number of rotatable bonds is 6. The number of hydrogen-bond donors (Lipinski definition) is 1. The highest BCUT2D eigenvalue weighted by Crippen LogP contribution is 2.24. The van der Waals surface area contributed by atoms with Gasteiger partial charge in [0, 0.05) is 11.0 Å². The van der Waals surface area contributed by atoms with Gasteiger partial charge in [-0.15, -0.1) is 11.8 Å². The van der Waals surface area contributed by atoms with Gasteiger partial charge in [0.15, 0.2) is 5.78 Å². The van der Waals surface area contributed by atoms with E-state index in [1.165, 1.54) is 24.0 Å². The SMILES string of the molecule is COc1cccc(SCC(=O)c2cc([N+](=O)[O-])c[nH]2)c1. The highest BCUT2D eigenvalue weighted by atomic mass is 32.2. The molecule has 1 aromatic heterocycles. The van der Waals surface area contributed by atoms with Crippen molar-refractivity contribution in [3.63, 3.8) is 0 Å². The summed E-state index contributed by atoms with van der Waals surface area (Å²) in [4.78, 5) is 25.4. The minimum Gasteiger partial charge on any atom is -0.497 e. The number of carbonyl (C=O) groups excluding carboxylic acids is 1. The lowest BCUT2D eigenvalue weighted by Crippen LogP contribution is -2.02. The van der Waals surface area contributed by atoms with Gasteiger partial charge in [0.05, 0.1) is 29.7 Å². The molecule has 1 N–H and O–H groups in total. The van der Waals surface area contributed by atoms with Gasteiger partial charge in [-0.05, 0) is 18.2 Å². The van der Waals surface area contributed by atoms with Crippen molar-refractivity contribution in [2.24, 2.45) is 0 Å². The number of hydrogen-bond acceptors (Lipinski definition) is 5. The van der Waals surface area contributed by atoms with Gasteiger partial charge >= 0.3 is 0 Å². The third-order valence-corrected chi connectivity index (χ3v) is 3.58. The van der Waals surface area contributed by atoms with Crippen LogP contribution in [0.3, 0.4) is 0 Å². The van der Waals surface area contributed by atoms with E-state index >= 15 is 0 Å². The van der Waals surface area contributed by atoms with Crippen molar-refractivity contribution >= 4 is 23.2 Å². The molecule has 20 heavy (non-hydrogen) atoms. The molecule has 104 valence electrons. The number of carbonyl (C=O) groups is 1. The molecular formula is C13H12N2O4S. The molecule has 0 saturated heterocycles. The van der Waals surface area contributed by atoms with Gasteiger partial charge in [0.1, 0.15) is 5.75 Å². The quantitative estimate of drug-likeness (QED) is 0.383. The van der Waals surface area contributed by atoms with E-state index < -0.39 is 4.92 Å². The number of H-pyrrole nitrogens is 1. The van der Waals surface area contributed by atoms with Crippen LogP contribution in [0.1, 0.15) is 10.5 Å². The molecule has 0 spiro atoms. The minimum absolute atomic E-state index is 0.111. The Morgan fingerprint density at radius 1 is 1.45 bits per heavy atom. The van der Waals surface area contributed by atoms with Gasteiger partial charge < -0.3 is 9.72 Å². The van der Waals surface area contributed by atoms with E-state index in [4.69, 9.17) is 4.74 Å². The maximum atomic E-state index is 11.9. The molecule has 6 nitrogen and oxygen atoms in total. The number of Topliss-reactive ketones (excluding diaryl/α,β-unsaturated/α-hetero) is 1. The van der Waals surface area contributed by atoms with E-state index in [2.05, 4.69) is 4.98 Å². The summed E-state index contributed by atoms with van der Waals surface area (Å²) in [5, 5.41) is 10.5. The largest absolute Gasteiger partial charge is 0.497 e. The number of aromatic nitrogens is 1. The second-order valence-electron chi connectivity index (χ2n) is 3.92. The topological polar surface area (TPSA) is 85.2 Å². The maximum absolute atomic E-state index is 11.9. The monoisotopic (exact) mass is 292 g/mol. The molecule has 0 fully saturated rings. The van der Waals surface area contributed by atoms with Crippen LogP contribution in [0.5, 0.6) is 5.75 Å². The minimum atomic E-state index is -0.539. The molecule has 0 unspecified atom stereocenters. The van der Waals surface area contributed by atoms with E-state index in [1.54, 1.807) is 7.11 Å². The zero-order valence-corrected chi connectivity index (χ0v) is 11.5. The number of benzene rings is 1. The number of thioether (sulfide) groups is 1. The molecule has 2 rings (SSSR count). The van der Waals surface area contributed by atoms with E-state index in [1.807, 2.05) is 24.3 Å². The molecule has 0 amide bonds. The van der Waals surface area contributed by atoms with Gasteiger partial charge in [-0.1, -0.05) is 6.07 Å². The van der Waals surface area contributed by atoms with Crippen molar-refractivity contribution in [3.8, 4) is 5.75 Å². The highest BCUT2D eigenvalue weighted by molar-refractivity contribution is 8.00. The first-order valence-electron chi connectivity index (χ1n) is 5.73. The molecule has 7 heteroatoms. The van der Waals surface area contributed by atoms with Gasteiger partial charge in [-0.25, -0.2) is 0 Å². The number of aromatic amines is 1. The summed E-state index contributed by atoms with van der Waals surface area (Å²) in [6.07, 6.45) is 1.21. The van der Waals surface area contributed by atoms with Crippen LogP contribution in [0.2, 0.25) is 0 Å². The number of ether oxygens (including phenoxy) is 1. The molecule has 0 aliphatic carbocycles. The van der Waals surface area contributed by atoms with Crippen molar-refractivity contribution in [1.82, 2.24) is 4.98 Å². The number of nitrogens with one attached hydrogen (secondary N) is 1. The predicted molar refractivity (Wildman–Crippen MR) is 75.5 cm³/mol. The smallest absolute Gasteiger partial charge is 0.287 e. The molecule has 0 saturated carbocycles. The highest BCUT2D eigenvalue weighted by Gasteiger charge is 2.14. The van der Waals surface area contributed by atoms with Crippen LogP contribution in [0.25, 0.3) is 0 Å². The Morgan fingerprint density at radius 3 is 2.90 bits per heavy atom. The molecular weight excluding hydrogens is 280 g/mol. The zero-order chi connectivity index (χ0) is 14.5. The molecule has 0 atom stereocenters. The van der Waals surface area contributed by atoms with Crippen LogP contribution in [-0.4, -0.2) is 28.6 Å². The van der Waals surface area contributed by atoms with Crippen molar-refractivity contribution in [2.75, 3.05) is 12.9 Å². The number of methoxy groups -OCH3 is 1. The fourth-order valence-corrected chi connectivity index (χ4v) is 2.39. The molecule has 0 aliphatic heterocycles. The van der Waals surface area contributed by atoms with E-state index in [9.17, 15) is 14.9 Å². The summed E-state index contributed by atoms with van der Waals surface area (Å²) in [7, 11) is 1.58. The second kappa shape index (κ2) is 6.25. The van der Waals surface area contributed by atoms with Crippen LogP contribution in [0.4, 0.5) is 5.69 Å². The number of nitrogens with zero attached hydrogens (tertiary/aromatic N) is 1. The third-order valence-electron chi connectivity index (χ3n) is 2.59. The lowest BCUT2D eigenvalue weighted by molar-refractivity contribution is -0.384. The first kappa shape index (κ1) is 14.1. The van der Waals surface area contributed by atoms with Crippen LogP contribution in [-0.2, 0) is 0 Å². The molecule has 1 aromatic carbocycles. The Balaban J connectivity index is 1.98. The van der Waals surface area contributed by atoms with Crippen molar-refractivity contribution in [1.29, 1.82) is 0 Å². The van der Waals surface area contributed by atoms with Crippen molar-refractivity contribution in [2.45, 2.75) is 4.90 Å². The first-order valence-corrected chi connectivity index (χ1v) is 6.71. The van der Waals surface area contributed by atoms with Crippen LogP contribution in [0, 0.1) is 10.1 Å². The lowest BCUT2D eigenvalue weighted by atomic mass is 10.3. The summed E-state index contributed by atoms with van der Waals surface area (Å²) < 4.78 is 5.10. The molecule has 2 aromatic rings. The Bertz CT molecular complexity index is 639. The maximum Gasteiger partial charge on any atom is 0.287 e. The van der Waals surface area contributed by atoms with Gasteiger partial charge in [0.25, 0.3) is 5.69 Å². The van der Waals surface area contributed by atoms with Gasteiger partial charge in [-0.2, -0.15) is 0 Å². The average molecular weight is 292 g/mol. The summed E-state index contributed by atoms with van der Waals surface area (Å²) in [5.41, 5.74) is 0.131. The lowest BCUT2D eigenvalue weighted by Gasteiger charge is -2.03. The van der Waals surface area contributed by atoms with E-state index in [0.717, 1.165) is 10.6 Å². The zero-order valence-electron chi connectivity index (χ0n) is 10.7. The Morgan fingerprint density at radius 2 is 2.25 bits per heavy atom. The van der Waals surface area contributed by atoms with E-state index in [0.29, 0.717) is 0 Å².